The average Bonchev–Trinajstić information content (AvgIpc) is 2.35. The van der Waals surface area contributed by atoms with E-state index in [2.05, 4.69) is 10.6 Å². The van der Waals surface area contributed by atoms with Gasteiger partial charge in [0.05, 0.1) is 10.9 Å². The van der Waals surface area contributed by atoms with Crippen molar-refractivity contribution in [2.45, 2.75) is 11.7 Å². The van der Waals surface area contributed by atoms with Crippen LogP contribution in [0.15, 0.2) is 24.3 Å². The number of halogens is 1. The van der Waals surface area contributed by atoms with E-state index in [9.17, 15) is 14.0 Å². The van der Waals surface area contributed by atoms with Crippen LogP contribution in [-0.4, -0.2) is 29.4 Å². The Labute approximate surface area is 108 Å². The standard InChI is InChI=1S/C12H13FN2O2S/c13-8-3-1-2-4-9(8)15-11(16)7-10-12(17)14-5-6-18-10/h1-4,10H,5-7H2,(H,14,17)(H,15,16). The van der Waals surface area contributed by atoms with Crippen LogP contribution in [0.2, 0.25) is 0 Å². The van der Waals surface area contributed by atoms with E-state index in [0.29, 0.717) is 6.54 Å². The van der Waals surface area contributed by atoms with Crippen molar-refractivity contribution in [3.8, 4) is 0 Å². The number of hydrogen-bond acceptors (Lipinski definition) is 3. The number of amides is 2. The molecule has 4 nitrogen and oxygen atoms in total. The molecule has 18 heavy (non-hydrogen) atoms. The highest BCUT2D eigenvalue weighted by Crippen LogP contribution is 2.19. The SMILES string of the molecule is O=C(CC1SCCNC1=O)Nc1ccccc1F. The lowest BCUT2D eigenvalue weighted by molar-refractivity contribution is -0.123. The van der Waals surface area contributed by atoms with Gasteiger partial charge in [0.1, 0.15) is 5.82 Å². The molecular weight excluding hydrogens is 255 g/mol. The third kappa shape index (κ3) is 3.22. The molecule has 1 aromatic rings. The predicted molar refractivity (Wildman–Crippen MR) is 68.9 cm³/mol. The lowest BCUT2D eigenvalue weighted by Gasteiger charge is -2.20. The highest BCUT2D eigenvalue weighted by atomic mass is 32.2. The maximum atomic E-state index is 13.3. The zero-order chi connectivity index (χ0) is 13.0. The number of hydrogen-bond donors (Lipinski definition) is 2. The lowest BCUT2D eigenvalue weighted by Crippen LogP contribution is -2.40. The summed E-state index contributed by atoms with van der Waals surface area (Å²) in [7, 11) is 0. The molecule has 0 radical (unpaired) electrons. The van der Waals surface area contributed by atoms with E-state index in [1.54, 1.807) is 12.1 Å². The van der Waals surface area contributed by atoms with Crippen LogP contribution in [0.5, 0.6) is 0 Å². The maximum absolute atomic E-state index is 13.3. The summed E-state index contributed by atoms with van der Waals surface area (Å²) in [6.45, 7) is 0.634. The van der Waals surface area contributed by atoms with Crippen molar-refractivity contribution in [2.75, 3.05) is 17.6 Å². The van der Waals surface area contributed by atoms with Crippen molar-refractivity contribution >= 4 is 29.3 Å². The monoisotopic (exact) mass is 268 g/mol. The van der Waals surface area contributed by atoms with Gasteiger partial charge in [-0.25, -0.2) is 4.39 Å². The Bertz CT molecular complexity index is 467. The first kappa shape index (κ1) is 12.9. The maximum Gasteiger partial charge on any atom is 0.233 e. The van der Waals surface area contributed by atoms with Crippen LogP contribution >= 0.6 is 11.8 Å². The van der Waals surface area contributed by atoms with Crippen molar-refractivity contribution in [3.63, 3.8) is 0 Å². The van der Waals surface area contributed by atoms with Crippen molar-refractivity contribution in [2.24, 2.45) is 0 Å². The molecule has 6 heteroatoms. The molecule has 1 saturated heterocycles. The van der Waals surface area contributed by atoms with Gasteiger partial charge < -0.3 is 10.6 Å². The zero-order valence-electron chi connectivity index (χ0n) is 9.61. The van der Waals surface area contributed by atoms with Gasteiger partial charge in [-0.15, -0.1) is 11.8 Å². The summed E-state index contributed by atoms with van der Waals surface area (Å²) in [6.07, 6.45) is 0.0604. The van der Waals surface area contributed by atoms with E-state index in [1.165, 1.54) is 23.9 Å². The Kier molecular flexibility index (Phi) is 4.19. The van der Waals surface area contributed by atoms with Crippen molar-refractivity contribution in [1.82, 2.24) is 5.32 Å². The number of benzene rings is 1. The van der Waals surface area contributed by atoms with Gasteiger partial charge in [0.25, 0.3) is 0 Å². The topological polar surface area (TPSA) is 58.2 Å². The fraction of sp³-hybridized carbons (Fsp3) is 0.333. The summed E-state index contributed by atoms with van der Waals surface area (Å²) in [5.41, 5.74) is 0.142. The minimum absolute atomic E-state index is 0.0604. The van der Waals surface area contributed by atoms with Gasteiger partial charge in [-0.2, -0.15) is 0 Å². The number of nitrogens with one attached hydrogen (secondary N) is 2. The van der Waals surface area contributed by atoms with Gasteiger partial charge in [0.15, 0.2) is 0 Å². The van der Waals surface area contributed by atoms with E-state index in [0.717, 1.165) is 5.75 Å². The van der Waals surface area contributed by atoms with Crippen molar-refractivity contribution in [3.05, 3.63) is 30.1 Å². The molecule has 1 atom stereocenters. The van der Waals surface area contributed by atoms with Crippen molar-refractivity contribution < 1.29 is 14.0 Å². The predicted octanol–water partition coefficient (Wildman–Crippen LogP) is 1.39. The molecule has 1 heterocycles. The molecule has 2 N–H and O–H groups in total. The molecule has 0 bridgehead atoms. The highest BCUT2D eigenvalue weighted by Gasteiger charge is 2.25. The van der Waals surface area contributed by atoms with Gasteiger partial charge in [-0.3, -0.25) is 9.59 Å². The molecule has 0 saturated carbocycles. The highest BCUT2D eigenvalue weighted by molar-refractivity contribution is 8.00. The molecule has 1 unspecified atom stereocenters. The van der Waals surface area contributed by atoms with Crippen LogP contribution < -0.4 is 10.6 Å². The summed E-state index contributed by atoms with van der Waals surface area (Å²) in [5.74, 6) is -0.167. The Morgan fingerprint density at radius 3 is 3.00 bits per heavy atom. The van der Waals surface area contributed by atoms with Gasteiger partial charge in [0, 0.05) is 18.7 Å². The van der Waals surface area contributed by atoms with E-state index < -0.39 is 5.82 Å². The van der Waals surface area contributed by atoms with E-state index in [-0.39, 0.29) is 29.2 Å². The van der Waals surface area contributed by atoms with Gasteiger partial charge in [0.2, 0.25) is 11.8 Å². The largest absolute Gasteiger partial charge is 0.354 e. The summed E-state index contributed by atoms with van der Waals surface area (Å²) in [4.78, 5) is 23.2. The van der Waals surface area contributed by atoms with E-state index >= 15 is 0 Å². The summed E-state index contributed by atoms with van der Waals surface area (Å²) < 4.78 is 13.3. The normalized spacial score (nSPS) is 19.2. The number of rotatable bonds is 3. The molecule has 2 rings (SSSR count). The number of thioether (sulfide) groups is 1. The average molecular weight is 268 g/mol. The van der Waals surface area contributed by atoms with Crippen LogP contribution in [0.4, 0.5) is 10.1 Å². The van der Waals surface area contributed by atoms with Crippen LogP contribution in [-0.2, 0) is 9.59 Å². The first-order valence-corrected chi connectivity index (χ1v) is 6.65. The minimum Gasteiger partial charge on any atom is -0.354 e. The summed E-state index contributed by atoms with van der Waals surface area (Å²) >= 11 is 1.45. The van der Waals surface area contributed by atoms with Gasteiger partial charge in [-0.1, -0.05) is 12.1 Å². The minimum atomic E-state index is -0.480. The number of carbonyl (C=O) groups excluding carboxylic acids is 2. The molecule has 0 aliphatic carbocycles. The number of carbonyl (C=O) groups is 2. The van der Waals surface area contributed by atoms with E-state index in [4.69, 9.17) is 0 Å². The van der Waals surface area contributed by atoms with Gasteiger partial charge in [-0.05, 0) is 12.1 Å². The fourth-order valence-electron chi connectivity index (χ4n) is 1.65. The van der Waals surface area contributed by atoms with E-state index in [1.807, 2.05) is 0 Å². The number of anilines is 1. The van der Waals surface area contributed by atoms with Gasteiger partial charge >= 0.3 is 0 Å². The molecule has 1 aliphatic heterocycles. The van der Waals surface area contributed by atoms with Crippen LogP contribution in [0.1, 0.15) is 6.42 Å². The van der Waals surface area contributed by atoms with Crippen LogP contribution in [0.3, 0.4) is 0 Å². The fourth-order valence-corrected chi connectivity index (χ4v) is 2.66. The second kappa shape index (κ2) is 5.86. The molecular formula is C12H13FN2O2S. The molecule has 1 fully saturated rings. The summed E-state index contributed by atoms with van der Waals surface area (Å²) in [6, 6.07) is 5.95. The first-order valence-electron chi connectivity index (χ1n) is 5.60. The Balaban J connectivity index is 1.92. The molecule has 0 spiro atoms. The van der Waals surface area contributed by atoms with Crippen molar-refractivity contribution in [1.29, 1.82) is 0 Å². The number of para-hydroxylation sites is 1. The second-order valence-corrected chi connectivity index (χ2v) is 5.19. The zero-order valence-corrected chi connectivity index (χ0v) is 10.4. The third-order valence-corrected chi connectivity index (χ3v) is 3.75. The van der Waals surface area contributed by atoms with Crippen LogP contribution in [0, 0.1) is 5.82 Å². The molecule has 1 aromatic carbocycles. The third-order valence-electron chi connectivity index (χ3n) is 2.53. The molecule has 1 aliphatic rings. The second-order valence-electron chi connectivity index (χ2n) is 3.88. The Morgan fingerprint density at radius 2 is 2.28 bits per heavy atom. The molecule has 2 amide bonds. The smallest absolute Gasteiger partial charge is 0.233 e. The quantitative estimate of drug-likeness (QED) is 0.871. The first-order chi connectivity index (χ1) is 8.66. The summed E-state index contributed by atoms with van der Waals surface area (Å²) in [5, 5.41) is 4.79. The Morgan fingerprint density at radius 1 is 1.50 bits per heavy atom. The Hall–Kier alpha value is -1.56. The van der Waals surface area contributed by atoms with Crippen LogP contribution in [0.25, 0.3) is 0 Å². The molecule has 96 valence electrons. The molecule has 0 aromatic heterocycles. The lowest BCUT2D eigenvalue weighted by atomic mass is 10.2.